The molecular formula is C23H30N4O4S. The Balaban J connectivity index is 1.30. The molecule has 8 nitrogen and oxygen atoms in total. The number of carbonyl (C=O) groups is 1. The van der Waals surface area contributed by atoms with Crippen LogP contribution in [0.15, 0.2) is 40.9 Å². The minimum Gasteiger partial charge on any atom is -0.360 e. The van der Waals surface area contributed by atoms with Gasteiger partial charge < -0.3 is 15.2 Å². The lowest BCUT2D eigenvalue weighted by molar-refractivity contribution is 0.0902. The molecule has 1 aromatic heterocycles. The molecule has 9 heteroatoms. The van der Waals surface area contributed by atoms with Crippen LogP contribution in [-0.4, -0.2) is 60.8 Å². The van der Waals surface area contributed by atoms with Gasteiger partial charge in [0.15, 0.2) is 5.69 Å². The molecule has 2 aromatic rings. The van der Waals surface area contributed by atoms with Crippen LogP contribution in [-0.2, 0) is 16.4 Å². The van der Waals surface area contributed by atoms with Crippen molar-refractivity contribution in [2.45, 2.75) is 61.8 Å². The molecule has 0 radical (unpaired) electrons. The molecule has 1 aliphatic carbocycles. The summed E-state index contributed by atoms with van der Waals surface area (Å²) in [5, 5.41) is 9.80. The first-order valence-electron chi connectivity index (χ1n) is 11.5. The lowest BCUT2D eigenvalue weighted by atomic mass is 9.94. The topological polar surface area (TPSA) is 105 Å². The predicted octanol–water partition coefficient (Wildman–Crippen LogP) is 2.05. The average Bonchev–Trinajstić information content (AvgIpc) is 3.27. The van der Waals surface area contributed by atoms with Crippen molar-refractivity contribution in [2.24, 2.45) is 0 Å². The minimum absolute atomic E-state index is 0.106. The highest BCUT2D eigenvalue weighted by molar-refractivity contribution is 7.89. The Morgan fingerprint density at radius 3 is 2.72 bits per heavy atom. The Morgan fingerprint density at radius 1 is 1.19 bits per heavy atom. The monoisotopic (exact) mass is 458 g/mol. The number of benzene rings is 1. The lowest BCUT2D eigenvalue weighted by Crippen LogP contribution is -2.54. The van der Waals surface area contributed by atoms with Crippen LogP contribution < -0.4 is 10.6 Å². The van der Waals surface area contributed by atoms with E-state index in [2.05, 4.69) is 15.8 Å². The third-order valence-electron chi connectivity index (χ3n) is 6.82. The minimum atomic E-state index is -3.40. The van der Waals surface area contributed by atoms with Crippen LogP contribution in [0.25, 0.3) is 0 Å². The maximum Gasteiger partial charge on any atom is 0.273 e. The maximum absolute atomic E-state index is 13.4. The van der Waals surface area contributed by atoms with Gasteiger partial charge in [-0.15, -0.1) is 0 Å². The molecule has 5 rings (SSSR count). The quantitative estimate of drug-likeness (QED) is 0.658. The number of nitrogens with zero attached hydrogens (tertiary/aromatic N) is 2. The fourth-order valence-corrected chi connectivity index (χ4v) is 6.92. The molecule has 0 spiro atoms. The van der Waals surface area contributed by atoms with Crippen molar-refractivity contribution in [2.75, 3.05) is 19.6 Å². The molecule has 3 atom stereocenters. The van der Waals surface area contributed by atoms with Crippen molar-refractivity contribution in [3.05, 3.63) is 53.4 Å². The van der Waals surface area contributed by atoms with Crippen LogP contribution in [0.3, 0.4) is 0 Å². The van der Waals surface area contributed by atoms with Gasteiger partial charge in [0.1, 0.15) is 5.76 Å². The third-order valence-corrected chi connectivity index (χ3v) is 9.19. The van der Waals surface area contributed by atoms with Gasteiger partial charge in [0, 0.05) is 37.2 Å². The number of sulfonamides is 1. The van der Waals surface area contributed by atoms with Crippen molar-refractivity contribution in [1.82, 2.24) is 20.1 Å². The Morgan fingerprint density at radius 2 is 2.00 bits per heavy atom. The number of hydrogen-bond donors (Lipinski definition) is 2. The second kappa shape index (κ2) is 8.96. The highest BCUT2D eigenvalue weighted by Gasteiger charge is 2.41. The second-order valence-corrected chi connectivity index (χ2v) is 11.4. The van der Waals surface area contributed by atoms with Gasteiger partial charge in [0.25, 0.3) is 5.91 Å². The van der Waals surface area contributed by atoms with Gasteiger partial charge in [-0.05, 0) is 50.6 Å². The SMILES string of the molecule is O=C(N[C@@H]1CCN(S(=O)(=O)C2CCNC2)[C@H](Cc2ccccc2)C1)c1cc(C2CC2)on1. The Labute approximate surface area is 188 Å². The first kappa shape index (κ1) is 21.6. The van der Waals surface area contributed by atoms with E-state index in [1.165, 1.54) is 0 Å². The van der Waals surface area contributed by atoms with Gasteiger partial charge >= 0.3 is 0 Å². The van der Waals surface area contributed by atoms with Crippen molar-refractivity contribution in [3.63, 3.8) is 0 Å². The number of hydrogen-bond acceptors (Lipinski definition) is 6. The number of nitrogens with one attached hydrogen (secondary N) is 2. The van der Waals surface area contributed by atoms with Crippen LogP contribution in [0.2, 0.25) is 0 Å². The summed E-state index contributed by atoms with van der Waals surface area (Å²) in [5.74, 6) is 0.932. The summed E-state index contributed by atoms with van der Waals surface area (Å²) in [5.41, 5.74) is 1.40. The van der Waals surface area contributed by atoms with Crippen molar-refractivity contribution in [3.8, 4) is 0 Å². The van der Waals surface area contributed by atoms with E-state index in [0.29, 0.717) is 50.4 Å². The Kier molecular flexibility index (Phi) is 6.05. The van der Waals surface area contributed by atoms with Gasteiger partial charge in [-0.2, -0.15) is 4.31 Å². The molecule has 0 bridgehead atoms. The summed E-state index contributed by atoms with van der Waals surface area (Å²) in [4.78, 5) is 12.7. The molecule has 1 saturated carbocycles. The van der Waals surface area contributed by atoms with Gasteiger partial charge in [-0.1, -0.05) is 35.5 Å². The van der Waals surface area contributed by atoms with Gasteiger partial charge in [-0.25, -0.2) is 8.42 Å². The van der Waals surface area contributed by atoms with Crippen molar-refractivity contribution in [1.29, 1.82) is 0 Å². The van der Waals surface area contributed by atoms with E-state index in [0.717, 1.165) is 30.7 Å². The zero-order valence-corrected chi connectivity index (χ0v) is 18.9. The highest BCUT2D eigenvalue weighted by atomic mass is 32.2. The van der Waals surface area contributed by atoms with E-state index in [4.69, 9.17) is 4.52 Å². The first-order valence-corrected chi connectivity index (χ1v) is 13.0. The zero-order valence-electron chi connectivity index (χ0n) is 18.1. The summed E-state index contributed by atoms with van der Waals surface area (Å²) in [6, 6.07) is 11.4. The molecule has 172 valence electrons. The van der Waals surface area contributed by atoms with Crippen LogP contribution in [0.1, 0.15) is 59.8 Å². The maximum atomic E-state index is 13.4. The van der Waals surface area contributed by atoms with E-state index in [9.17, 15) is 13.2 Å². The molecule has 1 aromatic carbocycles. The molecule has 1 unspecified atom stereocenters. The lowest BCUT2D eigenvalue weighted by Gasteiger charge is -2.40. The fraction of sp³-hybridized carbons (Fsp3) is 0.565. The number of amides is 1. The molecular weight excluding hydrogens is 428 g/mol. The van der Waals surface area contributed by atoms with Crippen LogP contribution in [0.4, 0.5) is 0 Å². The molecule has 2 aliphatic heterocycles. The molecule has 32 heavy (non-hydrogen) atoms. The number of piperidine rings is 1. The van der Waals surface area contributed by atoms with E-state index in [-0.39, 0.29) is 23.2 Å². The van der Waals surface area contributed by atoms with Crippen molar-refractivity contribution >= 4 is 15.9 Å². The van der Waals surface area contributed by atoms with Gasteiger partial charge in [0.05, 0.1) is 5.25 Å². The van der Waals surface area contributed by atoms with Gasteiger partial charge in [-0.3, -0.25) is 4.79 Å². The van der Waals surface area contributed by atoms with Crippen LogP contribution in [0, 0.1) is 0 Å². The fourth-order valence-electron chi connectivity index (χ4n) is 4.86. The van der Waals surface area contributed by atoms with Crippen LogP contribution in [0.5, 0.6) is 0 Å². The van der Waals surface area contributed by atoms with E-state index in [1.807, 2.05) is 30.3 Å². The van der Waals surface area contributed by atoms with Crippen molar-refractivity contribution < 1.29 is 17.7 Å². The molecule has 3 heterocycles. The summed E-state index contributed by atoms with van der Waals surface area (Å²) in [6.07, 6.45) is 4.60. The zero-order chi connectivity index (χ0) is 22.1. The standard InChI is InChI=1S/C23H30N4O4S/c28-23(21-14-22(31-26-21)17-6-7-17)25-18-9-11-27(32(29,30)20-8-10-24-15-20)19(13-18)12-16-4-2-1-3-5-16/h1-5,14,17-20,24H,6-13,15H2,(H,25,28)/t18-,19-,20?/m1/s1. The van der Waals surface area contributed by atoms with E-state index >= 15 is 0 Å². The summed E-state index contributed by atoms with van der Waals surface area (Å²) >= 11 is 0. The molecule has 3 aliphatic rings. The summed E-state index contributed by atoms with van der Waals surface area (Å²) in [7, 11) is -3.40. The number of carbonyl (C=O) groups excluding carboxylic acids is 1. The molecule has 2 saturated heterocycles. The summed E-state index contributed by atoms with van der Waals surface area (Å²) < 4.78 is 33.8. The van der Waals surface area contributed by atoms with E-state index < -0.39 is 10.0 Å². The molecule has 3 fully saturated rings. The number of aromatic nitrogens is 1. The smallest absolute Gasteiger partial charge is 0.273 e. The van der Waals surface area contributed by atoms with Crippen LogP contribution >= 0.6 is 0 Å². The highest BCUT2D eigenvalue weighted by Crippen LogP contribution is 2.40. The molecule has 2 N–H and O–H groups in total. The van der Waals surface area contributed by atoms with Gasteiger partial charge in [0.2, 0.25) is 10.0 Å². The second-order valence-electron chi connectivity index (χ2n) is 9.20. The van der Waals surface area contributed by atoms with E-state index in [1.54, 1.807) is 10.4 Å². The predicted molar refractivity (Wildman–Crippen MR) is 120 cm³/mol. The molecule has 1 amide bonds. The normalized spacial score (nSPS) is 26.8. The Bertz CT molecular complexity index is 1040. The first-order chi connectivity index (χ1) is 15.5. The Hall–Kier alpha value is -2.23. The number of rotatable bonds is 7. The summed E-state index contributed by atoms with van der Waals surface area (Å²) in [6.45, 7) is 1.65. The third kappa shape index (κ3) is 4.60. The largest absolute Gasteiger partial charge is 0.360 e. The average molecular weight is 459 g/mol.